The van der Waals surface area contributed by atoms with Gasteiger partial charge < -0.3 is 10.1 Å². The Kier molecular flexibility index (Phi) is 7.26. The Morgan fingerprint density at radius 1 is 1.40 bits per heavy atom. The first-order chi connectivity index (χ1) is 9.33. The lowest BCUT2D eigenvalue weighted by atomic mass is 9.95. The summed E-state index contributed by atoms with van der Waals surface area (Å²) in [5.41, 5.74) is 0. The lowest BCUT2D eigenvalue weighted by Crippen LogP contribution is -2.57. The van der Waals surface area contributed by atoms with Crippen LogP contribution in [0.2, 0.25) is 0 Å². The molecular formula is C14H27F3N2O. The first kappa shape index (κ1) is 17.7. The van der Waals surface area contributed by atoms with E-state index in [1.165, 1.54) is 0 Å². The summed E-state index contributed by atoms with van der Waals surface area (Å²) in [4.78, 5) is 2.35. The highest BCUT2D eigenvalue weighted by atomic mass is 19.4. The number of ether oxygens (including phenoxy) is 1. The van der Waals surface area contributed by atoms with Gasteiger partial charge in [-0.05, 0) is 19.3 Å². The minimum absolute atomic E-state index is 0.171. The van der Waals surface area contributed by atoms with Crippen molar-refractivity contribution in [3.63, 3.8) is 0 Å². The molecule has 0 spiro atoms. The fourth-order valence-corrected chi connectivity index (χ4v) is 2.48. The molecule has 0 bridgehead atoms. The summed E-state index contributed by atoms with van der Waals surface area (Å²) in [7, 11) is 0. The summed E-state index contributed by atoms with van der Waals surface area (Å²) < 4.78 is 40.5. The Labute approximate surface area is 119 Å². The molecule has 0 aromatic carbocycles. The van der Waals surface area contributed by atoms with Crippen LogP contribution in [0, 0.1) is 5.92 Å². The van der Waals surface area contributed by atoms with Crippen LogP contribution in [-0.2, 0) is 4.74 Å². The van der Waals surface area contributed by atoms with Crippen LogP contribution in [0.3, 0.4) is 0 Å². The third kappa shape index (κ3) is 6.41. The Morgan fingerprint density at radius 3 is 2.70 bits per heavy atom. The zero-order valence-electron chi connectivity index (χ0n) is 12.7. The van der Waals surface area contributed by atoms with E-state index in [2.05, 4.69) is 35.7 Å². The van der Waals surface area contributed by atoms with E-state index in [4.69, 9.17) is 0 Å². The summed E-state index contributed by atoms with van der Waals surface area (Å²) in [5, 5.41) is 3.55. The van der Waals surface area contributed by atoms with E-state index < -0.39 is 12.8 Å². The zero-order valence-corrected chi connectivity index (χ0v) is 12.7. The molecule has 0 aliphatic carbocycles. The molecule has 6 heteroatoms. The normalized spacial score (nSPS) is 26.7. The van der Waals surface area contributed by atoms with E-state index in [0.717, 1.165) is 26.1 Å². The summed E-state index contributed by atoms with van der Waals surface area (Å²) >= 11 is 0. The minimum Gasteiger partial charge on any atom is -0.372 e. The van der Waals surface area contributed by atoms with Crippen LogP contribution in [0.15, 0.2) is 0 Å². The van der Waals surface area contributed by atoms with Gasteiger partial charge in [0.25, 0.3) is 0 Å². The molecule has 0 radical (unpaired) electrons. The van der Waals surface area contributed by atoms with E-state index in [1.54, 1.807) is 0 Å². The molecule has 0 saturated carbocycles. The van der Waals surface area contributed by atoms with E-state index in [9.17, 15) is 13.2 Å². The van der Waals surface area contributed by atoms with Crippen molar-refractivity contribution in [1.29, 1.82) is 0 Å². The van der Waals surface area contributed by atoms with Gasteiger partial charge in [0.15, 0.2) is 0 Å². The maximum absolute atomic E-state index is 11.9. The molecule has 20 heavy (non-hydrogen) atoms. The van der Waals surface area contributed by atoms with Crippen molar-refractivity contribution in [3.8, 4) is 0 Å². The SMILES string of the molecule is CCC(C)C1CN(CCCOCC(F)(F)F)C(C)CN1. The predicted molar refractivity (Wildman–Crippen MR) is 73.8 cm³/mol. The van der Waals surface area contributed by atoms with Crippen LogP contribution >= 0.6 is 0 Å². The zero-order chi connectivity index (χ0) is 15.2. The fraction of sp³-hybridized carbons (Fsp3) is 1.00. The van der Waals surface area contributed by atoms with Crippen molar-refractivity contribution >= 4 is 0 Å². The van der Waals surface area contributed by atoms with Gasteiger partial charge in [0.1, 0.15) is 6.61 Å². The summed E-state index contributed by atoms with van der Waals surface area (Å²) in [6.07, 6.45) is -2.44. The molecule has 3 atom stereocenters. The topological polar surface area (TPSA) is 24.5 Å². The van der Waals surface area contributed by atoms with Gasteiger partial charge in [0.05, 0.1) is 0 Å². The van der Waals surface area contributed by atoms with Crippen LogP contribution in [-0.4, -0.2) is 56.0 Å². The first-order valence-electron chi connectivity index (χ1n) is 7.45. The van der Waals surface area contributed by atoms with Crippen LogP contribution in [0.5, 0.6) is 0 Å². The quantitative estimate of drug-likeness (QED) is 0.731. The molecule has 1 heterocycles. The number of piperazine rings is 1. The molecule has 1 aliphatic heterocycles. The van der Waals surface area contributed by atoms with Crippen molar-refractivity contribution in [1.82, 2.24) is 10.2 Å². The molecule has 1 N–H and O–H groups in total. The van der Waals surface area contributed by atoms with Crippen LogP contribution in [0.25, 0.3) is 0 Å². The summed E-state index contributed by atoms with van der Waals surface area (Å²) in [6.45, 7) is 8.31. The predicted octanol–water partition coefficient (Wildman–Crippen LogP) is 2.66. The van der Waals surface area contributed by atoms with Gasteiger partial charge in [-0.15, -0.1) is 0 Å². The molecular weight excluding hydrogens is 269 g/mol. The molecule has 1 rings (SSSR count). The molecule has 1 saturated heterocycles. The molecule has 120 valence electrons. The highest BCUT2D eigenvalue weighted by Crippen LogP contribution is 2.16. The number of nitrogens with zero attached hydrogens (tertiary/aromatic N) is 1. The second kappa shape index (κ2) is 8.20. The largest absolute Gasteiger partial charge is 0.411 e. The minimum atomic E-state index is -4.22. The highest BCUT2D eigenvalue weighted by molar-refractivity contribution is 4.86. The lowest BCUT2D eigenvalue weighted by molar-refractivity contribution is -0.174. The second-order valence-corrected chi connectivity index (χ2v) is 5.77. The standard InChI is InChI=1S/C14H27F3N2O/c1-4-11(2)13-9-19(12(3)8-18-13)6-5-7-20-10-14(15,16)17/h11-13,18H,4-10H2,1-3H3. The summed E-state index contributed by atoms with van der Waals surface area (Å²) in [5.74, 6) is 0.617. The molecule has 0 aromatic heterocycles. The van der Waals surface area contributed by atoms with Gasteiger partial charge in [-0.2, -0.15) is 13.2 Å². The van der Waals surface area contributed by atoms with Crippen molar-refractivity contribution in [2.45, 2.75) is 51.9 Å². The van der Waals surface area contributed by atoms with Gasteiger partial charge in [-0.25, -0.2) is 0 Å². The number of rotatable bonds is 7. The summed E-state index contributed by atoms with van der Waals surface area (Å²) in [6, 6.07) is 0.908. The average Bonchev–Trinajstić information content (AvgIpc) is 2.38. The molecule has 0 aromatic rings. The van der Waals surface area contributed by atoms with E-state index in [-0.39, 0.29) is 6.61 Å². The molecule has 1 fully saturated rings. The third-order valence-corrected chi connectivity index (χ3v) is 4.06. The van der Waals surface area contributed by atoms with Crippen LogP contribution in [0.1, 0.15) is 33.6 Å². The smallest absolute Gasteiger partial charge is 0.372 e. The molecule has 3 unspecified atom stereocenters. The van der Waals surface area contributed by atoms with E-state index >= 15 is 0 Å². The van der Waals surface area contributed by atoms with Gasteiger partial charge in [0, 0.05) is 38.3 Å². The van der Waals surface area contributed by atoms with Crippen molar-refractivity contribution in [2.75, 3.05) is 32.8 Å². The Hall–Kier alpha value is -0.330. The Balaban J connectivity index is 2.23. The number of alkyl halides is 3. The number of hydrogen-bond donors (Lipinski definition) is 1. The second-order valence-electron chi connectivity index (χ2n) is 5.77. The van der Waals surface area contributed by atoms with Gasteiger partial charge in [-0.1, -0.05) is 20.3 Å². The maximum atomic E-state index is 11.9. The number of halogens is 3. The number of nitrogens with one attached hydrogen (secondary N) is 1. The third-order valence-electron chi connectivity index (χ3n) is 4.06. The number of hydrogen-bond acceptors (Lipinski definition) is 3. The average molecular weight is 296 g/mol. The van der Waals surface area contributed by atoms with Gasteiger partial charge >= 0.3 is 6.18 Å². The molecule has 1 aliphatic rings. The lowest BCUT2D eigenvalue weighted by Gasteiger charge is -2.41. The van der Waals surface area contributed by atoms with Gasteiger partial charge in [0.2, 0.25) is 0 Å². The van der Waals surface area contributed by atoms with Crippen LogP contribution < -0.4 is 5.32 Å². The Bertz CT molecular complexity index is 274. The van der Waals surface area contributed by atoms with Crippen LogP contribution in [0.4, 0.5) is 13.2 Å². The van der Waals surface area contributed by atoms with Crippen molar-refractivity contribution < 1.29 is 17.9 Å². The monoisotopic (exact) mass is 296 g/mol. The Morgan fingerprint density at radius 2 is 2.10 bits per heavy atom. The van der Waals surface area contributed by atoms with Gasteiger partial charge in [-0.3, -0.25) is 4.90 Å². The van der Waals surface area contributed by atoms with E-state index in [0.29, 0.717) is 24.4 Å². The van der Waals surface area contributed by atoms with Crippen molar-refractivity contribution in [2.24, 2.45) is 5.92 Å². The van der Waals surface area contributed by atoms with E-state index in [1.807, 2.05) is 0 Å². The molecule has 3 nitrogen and oxygen atoms in total. The highest BCUT2D eigenvalue weighted by Gasteiger charge is 2.28. The van der Waals surface area contributed by atoms with Crippen molar-refractivity contribution in [3.05, 3.63) is 0 Å². The first-order valence-corrected chi connectivity index (χ1v) is 7.45. The fourth-order valence-electron chi connectivity index (χ4n) is 2.48. The molecule has 0 amide bonds. The maximum Gasteiger partial charge on any atom is 0.411 e.